The molecule has 0 spiro atoms. The zero-order valence-corrected chi connectivity index (χ0v) is 21.0. The molecule has 4 nitrogen and oxygen atoms in total. The molecule has 0 saturated heterocycles. The van der Waals surface area contributed by atoms with Crippen LogP contribution in [0.1, 0.15) is 16.7 Å². The summed E-state index contributed by atoms with van der Waals surface area (Å²) in [6, 6.07) is 43.0. The highest BCUT2D eigenvalue weighted by Gasteiger charge is 2.46. The Morgan fingerprint density at radius 3 is 1.90 bits per heavy atom. The molecule has 1 unspecified atom stereocenters. The van der Waals surface area contributed by atoms with Gasteiger partial charge >= 0.3 is 0 Å². The number of fused-ring (bicyclic) bond motifs is 6. The second-order valence-electron chi connectivity index (χ2n) is 9.96. The number of aliphatic hydroxyl groups is 1. The third kappa shape index (κ3) is 3.03. The lowest BCUT2D eigenvalue weighted by atomic mass is 9.84. The van der Waals surface area contributed by atoms with E-state index in [-0.39, 0.29) is 0 Å². The van der Waals surface area contributed by atoms with E-state index in [1.807, 2.05) is 72.8 Å². The Hall–Kier alpha value is -5.06. The lowest BCUT2D eigenvalue weighted by Gasteiger charge is -2.29. The van der Waals surface area contributed by atoms with Crippen molar-refractivity contribution < 1.29 is 5.11 Å². The van der Waals surface area contributed by atoms with Crippen LogP contribution in [-0.2, 0) is 5.60 Å². The summed E-state index contributed by atoms with van der Waals surface area (Å²) in [4.78, 5) is 9.74. The third-order valence-electron chi connectivity index (χ3n) is 7.90. The van der Waals surface area contributed by atoms with Gasteiger partial charge in [0.2, 0.25) is 0 Å². The van der Waals surface area contributed by atoms with Crippen molar-refractivity contribution in [2.45, 2.75) is 5.60 Å². The van der Waals surface area contributed by atoms with Gasteiger partial charge in [0.1, 0.15) is 5.60 Å². The van der Waals surface area contributed by atoms with Gasteiger partial charge < -0.3 is 9.67 Å². The standard InChI is InChI=1S/C35H23N3O/c39-35(27-17-7-4-16-26(27)33-29(35)22-36-34(37-33)23-12-2-1-3-13-23)28-18-8-11-21-32(28)38-30-19-9-5-14-24(30)25-15-6-10-20-31(25)38/h1-22,39H. The van der Waals surface area contributed by atoms with Crippen molar-refractivity contribution in [3.8, 4) is 28.3 Å². The maximum absolute atomic E-state index is 12.9. The van der Waals surface area contributed by atoms with Gasteiger partial charge in [-0.15, -0.1) is 0 Å². The Balaban J connectivity index is 1.43. The van der Waals surface area contributed by atoms with Crippen molar-refractivity contribution >= 4 is 21.8 Å². The second-order valence-corrected chi connectivity index (χ2v) is 9.96. The van der Waals surface area contributed by atoms with Crippen LogP contribution < -0.4 is 0 Å². The monoisotopic (exact) mass is 501 g/mol. The van der Waals surface area contributed by atoms with Gasteiger partial charge in [-0.25, -0.2) is 9.97 Å². The largest absolute Gasteiger partial charge is 0.376 e. The van der Waals surface area contributed by atoms with Gasteiger partial charge in [0.05, 0.1) is 22.4 Å². The van der Waals surface area contributed by atoms with Crippen molar-refractivity contribution in [2.75, 3.05) is 0 Å². The lowest BCUT2D eigenvalue weighted by molar-refractivity contribution is 0.130. The minimum absolute atomic E-state index is 0.643. The van der Waals surface area contributed by atoms with Gasteiger partial charge in [-0.3, -0.25) is 0 Å². The van der Waals surface area contributed by atoms with Crippen molar-refractivity contribution in [2.24, 2.45) is 0 Å². The van der Waals surface area contributed by atoms with E-state index in [1.54, 1.807) is 6.20 Å². The zero-order chi connectivity index (χ0) is 26.0. The van der Waals surface area contributed by atoms with Crippen LogP contribution in [0.3, 0.4) is 0 Å². The number of hydrogen-bond donors (Lipinski definition) is 1. The average Bonchev–Trinajstić information content (AvgIpc) is 3.48. The molecule has 8 rings (SSSR count). The summed E-state index contributed by atoms with van der Waals surface area (Å²) in [5.74, 6) is 0.643. The Labute approximate surface area is 225 Å². The SMILES string of the molecule is OC1(c2ccccc2-n2c3ccccc3c3ccccc32)c2ccccc2-c2nc(-c3ccccc3)ncc21. The van der Waals surface area contributed by atoms with Crippen LogP contribution in [0.4, 0.5) is 0 Å². The molecule has 0 amide bonds. The van der Waals surface area contributed by atoms with Crippen LogP contribution in [0.2, 0.25) is 0 Å². The van der Waals surface area contributed by atoms with E-state index < -0.39 is 5.60 Å². The van der Waals surface area contributed by atoms with E-state index in [4.69, 9.17) is 9.97 Å². The summed E-state index contributed by atoms with van der Waals surface area (Å²) in [6.07, 6.45) is 1.80. The van der Waals surface area contributed by atoms with Crippen LogP contribution in [-0.4, -0.2) is 19.6 Å². The van der Waals surface area contributed by atoms with Gasteiger partial charge in [0, 0.05) is 44.8 Å². The molecular weight excluding hydrogens is 478 g/mol. The fourth-order valence-corrected chi connectivity index (χ4v) is 6.18. The third-order valence-corrected chi connectivity index (χ3v) is 7.90. The maximum atomic E-state index is 12.9. The number of nitrogens with zero attached hydrogens (tertiary/aromatic N) is 3. The molecule has 1 aliphatic rings. The minimum Gasteiger partial charge on any atom is -0.376 e. The first-order valence-electron chi connectivity index (χ1n) is 13.1. The predicted molar refractivity (Wildman–Crippen MR) is 156 cm³/mol. The molecule has 1 N–H and O–H groups in total. The second kappa shape index (κ2) is 8.22. The summed E-state index contributed by atoms with van der Waals surface area (Å²) in [5.41, 5.74) is 6.61. The summed E-state index contributed by atoms with van der Waals surface area (Å²) >= 11 is 0. The maximum Gasteiger partial charge on any atom is 0.159 e. The van der Waals surface area contributed by atoms with Crippen LogP contribution in [0, 0.1) is 0 Å². The van der Waals surface area contributed by atoms with Gasteiger partial charge in [-0.05, 0) is 18.2 Å². The predicted octanol–water partition coefficient (Wildman–Crippen LogP) is 7.51. The molecular formula is C35H23N3O. The summed E-state index contributed by atoms with van der Waals surface area (Å²) < 4.78 is 2.26. The number of benzene rings is 5. The summed E-state index contributed by atoms with van der Waals surface area (Å²) in [5, 5.41) is 15.2. The van der Waals surface area contributed by atoms with E-state index in [1.165, 1.54) is 10.8 Å². The molecule has 7 aromatic rings. The first-order chi connectivity index (χ1) is 19.2. The minimum atomic E-state index is -1.43. The van der Waals surface area contributed by atoms with Crippen molar-refractivity contribution in [1.82, 2.24) is 14.5 Å². The molecule has 39 heavy (non-hydrogen) atoms. The molecule has 0 saturated carbocycles. The lowest BCUT2D eigenvalue weighted by Crippen LogP contribution is -2.28. The van der Waals surface area contributed by atoms with Crippen LogP contribution in [0.25, 0.3) is 50.1 Å². The number of aromatic nitrogens is 3. The van der Waals surface area contributed by atoms with Gasteiger partial charge in [0.25, 0.3) is 0 Å². The van der Waals surface area contributed by atoms with Gasteiger partial charge in [0.15, 0.2) is 5.82 Å². The van der Waals surface area contributed by atoms with E-state index in [0.29, 0.717) is 11.4 Å². The topological polar surface area (TPSA) is 50.9 Å². The number of para-hydroxylation sites is 3. The molecule has 0 fully saturated rings. The van der Waals surface area contributed by atoms with Crippen LogP contribution in [0.15, 0.2) is 134 Å². The van der Waals surface area contributed by atoms with E-state index in [9.17, 15) is 5.11 Å². The smallest absolute Gasteiger partial charge is 0.159 e. The normalized spacial score (nSPS) is 15.9. The van der Waals surface area contributed by atoms with E-state index >= 15 is 0 Å². The number of hydrogen-bond acceptors (Lipinski definition) is 3. The fraction of sp³-hybridized carbons (Fsp3) is 0.0286. The van der Waals surface area contributed by atoms with E-state index in [2.05, 4.69) is 59.2 Å². The Morgan fingerprint density at radius 2 is 1.15 bits per heavy atom. The molecule has 0 bridgehead atoms. The molecule has 1 aliphatic carbocycles. The average molecular weight is 502 g/mol. The Bertz CT molecular complexity index is 1990. The highest BCUT2D eigenvalue weighted by molar-refractivity contribution is 6.09. The first kappa shape index (κ1) is 22.0. The molecule has 5 aromatic carbocycles. The summed E-state index contributed by atoms with van der Waals surface area (Å²) in [6.45, 7) is 0. The molecule has 2 aromatic heterocycles. The molecule has 1 atom stereocenters. The number of rotatable bonds is 3. The molecule has 2 heterocycles. The van der Waals surface area contributed by atoms with Crippen molar-refractivity contribution in [3.05, 3.63) is 150 Å². The van der Waals surface area contributed by atoms with Crippen molar-refractivity contribution in [3.63, 3.8) is 0 Å². The highest BCUT2D eigenvalue weighted by atomic mass is 16.3. The zero-order valence-electron chi connectivity index (χ0n) is 21.0. The quantitative estimate of drug-likeness (QED) is 0.273. The summed E-state index contributed by atoms with van der Waals surface area (Å²) in [7, 11) is 0. The van der Waals surface area contributed by atoms with Gasteiger partial charge in [-0.1, -0.05) is 109 Å². The first-order valence-corrected chi connectivity index (χ1v) is 13.1. The molecule has 0 aliphatic heterocycles. The van der Waals surface area contributed by atoms with Crippen molar-refractivity contribution in [1.29, 1.82) is 0 Å². The van der Waals surface area contributed by atoms with Crippen LogP contribution >= 0.6 is 0 Å². The molecule has 0 radical (unpaired) electrons. The van der Waals surface area contributed by atoms with Crippen LogP contribution in [0.5, 0.6) is 0 Å². The fourth-order valence-electron chi connectivity index (χ4n) is 6.18. The van der Waals surface area contributed by atoms with Gasteiger partial charge in [-0.2, -0.15) is 0 Å². The highest BCUT2D eigenvalue weighted by Crippen LogP contribution is 2.52. The van der Waals surface area contributed by atoms with E-state index in [0.717, 1.165) is 44.7 Å². The molecule has 4 heteroatoms. The Kier molecular flexibility index (Phi) is 4.63. The Morgan fingerprint density at radius 1 is 0.564 bits per heavy atom. The molecule has 184 valence electrons.